The van der Waals surface area contributed by atoms with E-state index in [1.54, 1.807) is 19.9 Å². The number of nitrogens with one attached hydrogen (secondary N) is 2. The van der Waals surface area contributed by atoms with Gasteiger partial charge in [0, 0.05) is 36.3 Å². The number of sulfonamides is 1. The van der Waals surface area contributed by atoms with Crippen LogP contribution in [0.2, 0.25) is 0 Å². The molecule has 0 atom stereocenters. The zero-order valence-corrected chi connectivity index (χ0v) is 17.8. The van der Waals surface area contributed by atoms with Gasteiger partial charge in [0.15, 0.2) is 0 Å². The number of aromatic amines is 1. The maximum atomic E-state index is 12.7. The average molecular weight is 423 g/mol. The first-order chi connectivity index (χ1) is 13.6. The number of carbonyl (C=O) groups is 1. The van der Waals surface area contributed by atoms with E-state index in [-0.39, 0.29) is 23.3 Å². The Morgan fingerprint density at radius 2 is 1.97 bits per heavy atom. The maximum Gasteiger partial charge on any atom is 0.255 e. The summed E-state index contributed by atoms with van der Waals surface area (Å²) >= 11 is 0. The molecular weight excluding hydrogens is 396 g/mol. The number of piperidine rings is 1. The van der Waals surface area contributed by atoms with Crippen LogP contribution in [0.1, 0.15) is 36.7 Å². The minimum atomic E-state index is -3.24. The van der Waals surface area contributed by atoms with Crippen LogP contribution in [0.25, 0.3) is 5.95 Å². The van der Waals surface area contributed by atoms with Gasteiger partial charge < -0.3 is 5.32 Å². The monoisotopic (exact) mass is 422 g/mol. The predicted molar refractivity (Wildman–Crippen MR) is 109 cm³/mol. The fourth-order valence-corrected chi connectivity index (χ4v) is 4.41. The predicted octanol–water partition coefficient (Wildman–Crippen LogP) is 0.745. The van der Waals surface area contributed by atoms with Crippen molar-refractivity contribution in [2.45, 2.75) is 40.0 Å². The summed E-state index contributed by atoms with van der Waals surface area (Å²) in [5.41, 5.74) is 1.66. The van der Waals surface area contributed by atoms with E-state index in [1.807, 2.05) is 6.92 Å². The van der Waals surface area contributed by atoms with Crippen molar-refractivity contribution in [2.75, 3.05) is 24.7 Å². The Bertz CT molecular complexity index is 1080. The number of aryl methyl sites for hydroxylation is 2. The lowest BCUT2D eigenvalue weighted by atomic mass is 9.97. The minimum Gasteiger partial charge on any atom is -0.310 e. The van der Waals surface area contributed by atoms with Gasteiger partial charge in [0.2, 0.25) is 21.9 Å². The van der Waals surface area contributed by atoms with Crippen molar-refractivity contribution in [2.24, 2.45) is 5.92 Å². The Labute approximate surface area is 169 Å². The molecule has 11 heteroatoms. The van der Waals surface area contributed by atoms with Gasteiger partial charge in [-0.15, -0.1) is 0 Å². The lowest BCUT2D eigenvalue weighted by molar-refractivity contribution is -0.120. The van der Waals surface area contributed by atoms with Crippen LogP contribution in [0.5, 0.6) is 0 Å². The normalized spacial score (nSPS) is 16.1. The Morgan fingerprint density at radius 3 is 2.52 bits per heavy atom. The van der Waals surface area contributed by atoms with Crippen molar-refractivity contribution < 1.29 is 13.2 Å². The fourth-order valence-electron chi connectivity index (χ4n) is 3.54. The van der Waals surface area contributed by atoms with Crippen LogP contribution in [-0.4, -0.2) is 57.7 Å². The number of nitrogens with zero attached hydrogens (tertiary/aromatic N) is 4. The summed E-state index contributed by atoms with van der Waals surface area (Å²) in [6, 6.07) is 1.70. The van der Waals surface area contributed by atoms with E-state index in [9.17, 15) is 18.0 Å². The molecule has 10 nitrogen and oxygen atoms in total. The molecule has 2 aromatic heterocycles. The molecule has 0 radical (unpaired) electrons. The Hall–Kier alpha value is -2.53. The average Bonchev–Trinajstić information content (AvgIpc) is 3.01. The van der Waals surface area contributed by atoms with Crippen LogP contribution in [0, 0.1) is 19.8 Å². The molecule has 158 valence electrons. The topological polar surface area (TPSA) is 130 Å². The minimum absolute atomic E-state index is 0.205. The largest absolute Gasteiger partial charge is 0.310 e. The zero-order chi connectivity index (χ0) is 21.3. The van der Waals surface area contributed by atoms with Crippen molar-refractivity contribution in [1.82, 2.24) is 24.1 Å². The first-order valence-electron chi connectivity index (χ1n) is 9.53. The summed E-state index contributed by atoms with van der Waals surface area (Å²) in [5, 5.41) is 7.20. The van der Waals surface area contributed by atoms with Gasteiger partial charge in [-0.1, -0.05) is 6.92 Å². The second kappa shape index (κ2) is 8.07. The third-order valence-corrected chi connectivity index (χ3v) is 6.44. The summed E-state index contributed by atoms with van der Waals surface area (Å²) < 4.78 is 26.1. The van der Waals surface area contributed by atoms with E-state index in [0.29, 0.717) is 55.1 Å². The Kier molecular flexibility index (Phi) is 5.90. The molecule has 3 heterocycles. The van der Waals surface area contributed by atoms with Gasteiger partial charge in [-0.3, -0.25) is 14.6 Å². The van der Waals surface area contributed by atoms with Crippen molar-refractivity contribution in [1.29, 1.82) is 0 Å². The molecule has 0 bridgehead atoms. The first kappa shape index (κ1) is 21.2. The smallest absolute Gasteiger partial charge is 0.255 e. The molecule has 3 rings (SSSR count). The van der Waals surface area contributed by atoms with E-state index in [2.05, 4.69) is 20.4 Å². The molecular formula is C18H26N6O4S. The van der Waals surface area contributed by atoms with Crippen LogP contribution < -0.4 is 10.9 Å². The lowest BCUT2D eigenvalue weighted by Gasteiger charge is -2.29. The SMILES string of the molecule is CCc1c(C)nc(-n2nc(C)cc2NC(=O)C2CCN(S(C)(=O)=O)CC2)[nH]c1=O. The van der Waals surface area contributed by atoms with Crippen molar-refractivity contribution in [3.63, 3.8) is 0 Å². The van der Waals surface area contributed by atoms with E-state index < -0.39 is 10.0 Å². The molecule has 0 unspecified atom stereocenters. The molecule has 1 saturated heterocycles. The number of rotatable bonds is 5. The summed E-state index contributed by atoms with van der Waals surface area (Å²) in [6.07, 6.45) is 2.65. The second-order valence-electron chi connectivity index (χ2n) is 7.32. The Morgan fingerprint density at radius 1 is 1.31 bits per heavy atom. The summed E-state index contributed by atoms with van der Waals surface area (Å²) in [5.74, 6) is 0.140. The summed E-state index contributed by atoms with van der Waals surface area (Å²) in [7, 11) is -3.24. The summed E-state index contributed by atoms with van der Waals surface area (Å²) in [6.45, 7) is 6.07. The van der Waals surface area contributed by atoms with Crippen LogP contribution >= 0.6 is 0 Å². The van der Waals surface area contributed by atoms with Gasteiger partial charge in [0.05, 0.1) is 11.9 Å². The van der Waals surface area contributed by atoms with Crippen molar-refractivity contribution in [3.8, 4) is 5.95 Å². The van der Waals surface area contributed by atoms with Crippen LogP contribution in [0.15, 0.2) is 10.9 Å². The van der Waals surface area contributed by atoms with Crippen LogP contribution in [0.3, 0.4) is 0 Å². The molecule has 1 aliphatic rings. The summed E-state index contributed by atoms with van der Waals surface area (Å²) in [4.78, 5) is 32.2. The third kappa shape index (κ3) is 4.56. The Balaban J connectivity index is 1.80. The molecule has 0 aromatic carbocycles. The number of carbonyl (C=O) groups excluding carboxylic acids is 1. The first-order valence-corrected chi connectivity index (χ1v) is 11.4. The van der Waals surface area contributed by atoms with Crippen molar-refractivity contribution in [3.05, 3.63) is 33.4 Å². The lowest BCUT2D eigenvalue weighted by Crippen LogP contribution is -2.41. The number of aromatic nitrogens is 4. The van der Waals surface area contributed by atoms with Gasteiger partial charge in [-0.05, 0) is 33.1 Å². The van der Waals surface area contributed by atoms with Gasteiger partial charge in [-0.25, -0.2) is 17.7 Å². The van der Waals surface area contributed by atoms with E-state index >= 15 is 0 Å². The number of hydrogen-bond acceptors (Lipinski definition) is 6. The van der Waals surface area contributed by atoms with E-state index in [1.165, 1.54) is 15.2 Å². The van der Waals surface area contributed by atoms with E-state index in [0.717, 1.165) is 0 Å². The van der Waals surface area contributed by atoms with Gasteiger partial charge >= 0.3 is 0 Å². The number of anilines is 1. The van der Waals surface area contributed by atoms with Crippen molar-refractivity contribution >= 4 is 21.7 Å². The quantitative estimate of drug-likeness (QED) is 0.731. The van der Waals surface area contributed by atoms with Crippen LogP contribution in [-0.2, 0) is 21.2 Å². The molecule has 2 N–H and O–H groups in total. The molecule has 1 fully saturated rings. The number of H-pyrrole nitrogens is 1. The highest BCUT2D eigenvalue weighted by Crippen LogP contribution is 2.22. The highest BCUT2D eigenvalue weighted by Gasteiger charge is 2.29. The highest BCUT2D eigenvalue weighted by molar-refractivity contribution is 7.88. The number of hydrogen-bond donors (Lipinski definition) is 2. The van der Waals surface area contributed by atoms with Gasteiger partial charge in [-0.2, -0.15) is 9.78 Å². The second-order valence-corrected chi connectivity index (χ2v) is 9.30. The number of amides is 1. The molecule has 0 saturated carbocycles. The highest BCUT2D eigenvalue weighted by atomic mass is 32.2. The van der Waals surface area contributed by atoms with Gasteiger partial charge in [0.1, 0.15) is 5.82 Å². The van der Waals surface area contributed by atoms with E-state index in [4.69, 9.17) is 0 Å². The molecule has 2 aromatic rings. The standard InChI is InChI=1S/C18H26N6O4S/c1-5-14-12(3)19-18(21-17(14)26)24-15(10-11(2)22-24)20-16(25)13-6-8-23(9-7-13)29(4,27)28/h10,13H,5-9H2,1-4H3,(H,20,25)(H,19,21,26). The molecule has 29 heavy (non-hydrogen) atoms. The fraction of sp³-hybridized carbons (Fsp3) is 0.556. The molecule has 1 amide bonds. The molecule has 0 aliphatic carbocycles. The zero-order valence-electron chi connectivity index (χ0n) is 17.0. The molecule has 1 aliphatic heterocycles. The van der Waals surface area contributed by atoms with Gasteiger partial charge in [0.25, 0.3) is 5.56 Å². The maximum absolute atomic E-state index is 12.7. The third-order valence-electron chi connectivity index (χ3n) is 5.14. The molecule has 0 spiro atoms. The van der Waals surface area contributed by atoms with Crippen LogP contribution in [0.4, 0.5) is 5.82 Å².